The largest absolute Gasteiger partial charge is 0.495 e. The number of benzene rings is 1. The molecular formula is C11H10Cl2N2OS. The maximum atomic E-state index is 6.02. The van der Waals surface area contributed by atoms with Gasteiger partial charge in [0.25, 0.3) is 0 Å². The molecule has 0 aliphatic carbocycles. The van der Waals surface area contributed by atoms with Crippen LogP contribution in [0.25, 0.3) is 0 Å². The van der Waals surface area contributed by atoms with E-state index in [9.17, 15) is 0 Å². The number of rotatable bonds is 4. The Bertz CT molecular complexity index is 516. The summed E-state index contributed by atoms with van der Waals surface area (Å²) in [5.41, 5.74) is 0.919. The first-order valence-corrected chi connectivity index (χ1v) is 6.44. The summed E-state index contributed by atoms with van der Waals surface area (Å²) in [6, 6.07) is 5.54. The van der Waals surface area contributed by atoms with E-state index in [0.717, 1.165) is 10.7 Å². The van der Waals surface area contributed by atoms with Crippen molar-refractivity contribution in [1.82, 2.24) is 4.98 Å². The molecular weight excluding hydrogens is 279 g/mol. The fourth-order valence-corrected chi connectivity index (χ4v) is 2.48. The molecule has 3 nitrogen and oxygen atoms in total. The number of ether oxygens (including phenoxy) is 1. The molecule has 1 heterocycles. The number of aromatic nitrogens is 1. The van der Waals surface area contributed by atoms with Gasteiger partial charge < -0.3 is 10.1 Å². The Hall–Kier alpha value is -0.970. The maximum absolute atomic E-state index is 6.02. The first-order valence-electron chi connectivity index (χ1n) is 4.86. The van der Waals surface area contributed by atoms with Crippen LogP contribution < -0.4 is 10.1 Å². The van der Waals surface area contributed by atoms with Crippen LogP contribution in [0.15, 0.2) is 24.4 Å². The van der Waals surface area contributed by atoms with E-state index in [0.29, 0.717) is 21.7 Å². The zero-order valence-corrected chi connectivity index (χ0v) is 11.4. The molecule has 0 spiro atoms. The Labute approximate surface area is 113 Å². The van der Waals surface area contributed by atoms with Crippen molar-refractivity contribution < 1.29 is 4.74 Å². The second-order valence-corrected chi connectivity index (χ2v) is 5.41. The highest BCUT2D eigenvalue weighted by Gasteiger charge is 2.03. The van der Waals surface area contributed by atoms with Gasteiger partial charge in [-0.2, -0.15) is 0 Å². The van der Waals surface area contributed by atoms with E-state index >= 15 is 0 Å². The number of hydrogen-bond donors (Lipinski definition) is 1. The van der Waals surface area contributed by atoms with E-state index in [1.54, 1.807) is 13.3 Å². The Kier molecular flexibility index (Phi) is 4.10. The Balaban J connectivity index is 2.02. The van der Waals surface area contributed by atoms with Crippen molar-refractivity contribution in [1.29, 1.82) is 0 Å². The van der Waals surface area contributed by atoms with Gasteiger partial charge in [-0.05, 0) is 18.2 Å². The van der Waals surface area contributed by atoms with Crippen molar-refractivity contribution in [2.45, 2.75) is 6.54 Å². The molecule has 0 amide bonds. The topological polar surface area (TPSA) is 34.1 Å². The normalized spacial score (nSPS) is 10.3. The van der Waals surface area contributed by atoms with Crippen LogP contribution in [0.1, 0.15) is 5.01 Å². The minimum absolute atomic E-state index is 0.578. The van der Waals surface area contributed by atoms with Crippen molar-refractivity contribution in [3.63, 3.8) is 0 Å². The molecule has 0 aliphatic rings. The number of methoxy groups -OCH3 is 1. The monoisotopic (exact) mass is 288 g/mol. The third-order valence-corrected chi connectivity index (χ3v) is 3.53. The molecule has 1 N–H and O–H groups in total. The molecule has 6 heteroatoms. The lowest BCUT2D eigenvalue weighted by Crippen LogP contribution is -1.98. The third-order valence-electron chi connectivity index (χ3n) is 2.12. The molecule has 2 aromatic rings. The molecule has 1 aromatic heterocycles. The molecule has 0 atom stereocenters. The van der Waals surface area contributed by atoms with E-state index in [4.69, 9.17) is 27.9 Å². The quantitative estimate of drug-likeness (QED) is 0.921. The van der Waals surface area contributed by atoms with Crippen LogP contribution >= 0.6 is 34.5 Å². The Morgan fingerprint density at radius 2 is 2.24 bits per heavy atom. The molecule has 0 radical (unpaired) electrons. The average Bonchev–Trinajstić information content (AvgIpc) is 2.73. The lowest BCUT2D eigenvalue weighted by Gasteiger charge is -2.07. The molecule has 0 unspecified atom stereocenters. The van der Waals surface area contributed by atoms with Gasteiger partial charge >= 0.3 is 0 Å². The summed E-state index contributed by atoms with van der Waals surface area (Å²) in [6.45, 7) is 0.625. The molecule has 1 aromatic carbocycles. The van der Waals surface area contributed by atoms with E-state index in [2.05, 4.69) is 10.3 Å². The molecule has 0 saturated carbocycles. The van der Waals surface area contributed by atoms with Crippen molar-refractivity contribution >= 4 is 40.2 Å². The van der Waals surface area contributed by atoms with Crippen LogP contribution in [0, 0.1) is 0 Å². The van der Waals surface area contributed by atoms with Crippen molar-refractivity contribution in [3.8, 4) is 5.75 Å². The molecule has 90 valence electrons. The Morgan fingerprint density at radius 3 is 2.82 bits per heavy atom. The van der Waals surface area contributed by atoms with Crippen molar-refractivity contribution in [2.24, 2.45) is 0 Å². The predicted octanol–water partition coefficient (Wildman–Crippen LogP) is 4.07. The highest BCUT2D eigenvalue weighted by molar-refractivity contribution is 7.15. The summed E-state index contributed by atoms with van der Waals surface area (Å²) in [5.74, 6) is 0.662. The van der Waals surface area contributed by atoms with E-state index in [1.165, 1.54) is 11.3 Å². The predicted molar refractivity (Wildman–Crippen MR) is 72.5 cm³/mol. The second kappa shape index (κ2) is 5.58. The van der Waals surface area contributed by atoms with Gasteiger partial charge in [-0.1, -0.05) is 23.2 Å². The van der Waals surface area contributed by atoms with Crippen molar-refractivity contribution in [3.05, 3.63) is 38.8 Å². The van der Waals surface area contributed by atoms with Crippen LogP contribution in [-0.2, 0) is 6.54 Å². The summed E-state index contributed by atoms with van der Waals surface area (Å²) in [5, 5.41) is 4.73. The standard InChI is InChI=1S/C11H10Cl2N2OS/c1-16-9-3-2-7(4-8(9)12)14-6-11-15-5-10(13)17-11/h2-5,14H,6H2,1H3. The zero-order chi connectivity index (χ0) is 12.3. The number of anilines is 1. The summed E-state index contributed by atoms with van der Waals surface area (Å²) in [7, 11) is 1.59. The van der Waals surface area contributed by atoms with Crippen LogP contribution in [-0.4, -0.2) is 12.1 Å². The summed E-state index contributed by atoms with van der Waals surface area (Å²) in [6.07, 6.45) is 1.64. The van der Waals surface area contributed by atoms with Crippen LogP contribution in [0.3, 0.4) is 0 Å². The van der Waals surface area contributed by atoms with Crippen LogP contribution in [0.2, 0.25) is 9.36 Å². The molecule has 0 aliphatic heterocycles. The summed E-state index contributed by atoms with van der Waals surface area (Å²) >= 11 is 13.3. The van der Waals surface area contributed by atoms with Gasteiger partial charge in [0.05, 0.1) is 24.9 Å². The lowest BCUT2D eigenvalue weighted by molar-refractivity contribution is 0.415. The maximum Gasteiger partial charge on any atom is 0.137 e. The number of hydrogen-bond acceptors (Lipinski definition) is 4. The van der Waals surface area contributed by atoms with E-state index < -0.39 is 0 Å². The van der Waals surface area contributed by atoms with Gasteiger partial charge in [0.1, 0.15) is 15.1 Å². The van der Waals surface area contributed by atoms with Crippen molar-refractivity contribution in [2.75, 3.05) is 12.4 Å². The Morgan fingerprint density at radius 1 is 1.41 bits per heavy atom. The summed E-state index contributed by atoms with van der Waals surface area (Å²) < 4.78 is 5.77. The second-order valence-electron chi connectivity index (χ2n) is 3.26. The number of nitrogens with zero attached hydrogens (tertiary/aromatic N) is 1. The number of halogens is 2. The fraction of sp³-hybridized carbons (Fsp3) is 0.182. The van der Waals surface area contributed by atoms with Crippen LogP contribution in [0.4, 0.5) is 5.69 Å². The molecule has 0 saturated heterocycles. The SMILES string of the molecule is COc1ccc(NCc2ncc(Cl)s2)cc1Cl. The molecule has 17 heavy (non-hydrogen) atoms. The number of nitrogens with one attached hydrogen (secondary N) is 1. The minimum Gasteiger partial charge on any atom is -0.495 e. The first kappa shape index (κ1) is 12.5. The molecule has 0 bridgehead atoms. The molecule has 0 fully saturated rings. The van der Waals surface area contributed by atoms with Gasteiger partial charge in [0.15, 0.2) is 0 Å². The average molecular weight is 289 g/mol. The molecule has 2 rings (SSSR count). The van der Waals surface area contributed by atoms with Gasteiger partial charge in [0, 0.05) is 5.69 Å². The lowest BCUT2D eigenvalue weighted by atomic mass is 10.3. The third kappa shape index (κ3) is 3.25. The highest BCUT2D eigenvalue weighted by Crippen LogP contribution is 2.27. The van der Waals surface area contributed by atoms with Gasteiger partial charge in [0.2, 0.25) is 0 Å². The fourth-order valence-electron chi connectivity index (χ4n) is 1.32. The van der Waals surface area contributed by atoms with Crippen LogP contribution in [0.5, 0.6) is 5.75 Å². The summed E-state index contributed by atoms with van der Waals surface area (Å²) in [4.78, 5) is 4.15. The van der Waals surface area contributed by atoms with E-state index in [1.807, 2.05) is 18.2 Å². The minimum atomic E-state index is 0.578. The highest BCUT2D eigenvalue weighted by atomic mass is 35.5. The van der Waals surface area contributed by atoms with Gasteiger partial charge in [-0.3, -0.25) is 0 Å². The van der Waals surface area contributed by atoms with Gasteiger partial charge in [-0.15, -0.1) is 11.3 Å². The van der Waals surface area contributed by atoms with Gasteiger partial charge in [-0.25, -0.2) is 4.98 Å². The zero-order valence-electron chi connectivity index (χ0n) is 9.04. The smallest absolute Gasteiger partial charge is 0.137 e. The number of thiazole rings is 1. The first-order chi connectivity index (χ1) is 8.19. The van der Waals surface area contributed by atoms with E-state index in [-0.39, 0.29) is 0 Å².